The van der Waals surface area contributed by atoms with Gasteiger partial charge in [-0.3, -0.25) is 0 Å². The Kier molecular flexibility index (Phi) is 3.01. The molecule has 2 bridgehead atoms. The Morgan fingerprint density at radius 2 is 1.81 bits per heavy atom. The van der Waals surface area contributed by atoms with Gasteiger partial charge in [-0.2, -0.15) is 0 Å². The number of nitrogens with one attached hydrogen (secondary N) is 1. The maximum atomic E-state index is 3.72. The van der Waals surface area contributed by atoms with Crippen molar-refractivity contribution in [1.29, 1.82) is 0 Å². The van der Waals surface area contributed by atoms with E-state index in [1.54, 1.807) is 0 Å². The second-order valence-corrected chi connectivity index (χ2v) is 6.73. The Balaban J connectivity index is 1.79. The minimum Gasteiger partial charge on any atom is -0.380 e. The average molecular weight is 345 g/mol. The topological polar surface area (TPSA) is 12.0 Å². The van der Waals surface area contributed by atoms with E-state index in [4.69, 9.17) is 0 Å². The molecule has 0 spiro atoms. The largest absolute Gasteiger partial charge is 0.380 e. The summed E-state index contributed by atoms with van der Waals surface area (Å²) in [7, 11) is 0. The van der Waals surface area contributed by atoms with Crippen molar-refractivity contribution in [3.8, 4) is 0 Å². The second-order valence-electron chi connectivity index (χ2n) is 5.02. The zero-order valence-electron chi connectivity index (χ0n) is 9.05. The Morgan fingerprint density at radius 3 is 2.38 bits per heavy atom. The fourth-order valence-electron chi connectivity index (χ4n) is 3.24. The van der Waals surface area contributed by atoms with E-state index in [9.17, 15) is 0 Å². The highest BCUT2D eigenvalue weighted by atomic mass is 79.9. The molecule has 1 nitrogen and oxygen atoms in total. The van der Waals surface area contributed by atoms with Gasteiger partial charge in [0.15, 0.2) is 0 Å². The molecule has 16 heavy (non-hydrogen) atoms. The zero-order chi connectivity index (χ0) is 11.1. The molecule has 1 aromatic carbocycles. The lowest BCUT2D eigenvalue weighted by atomic mass is 9.95. The smallest absolute Gasteiger partial charge is 0.0631 e. The van der Waals surface area contributed by atoms with Crippen LogP contribution in [0.5, 0.6) is 0 Å². The first kappa shape index (κ1) is 11.1. The van der Waals surface area contributed by atoms with Crippen LogP contribution in [0.2, 0.25) is 0 Å². The van der Waals surface area contributed by atoms with E-state index in [-0.39, 0.29) is 0 Å². The van der Waals surface area contributed by atoms with Crippen molar-refractivity contribution < 1.29 is 0 Å². The maximum absolute atomic E-state index is 3.72. The third kappa shape index (κ3) is 1.92. The lowest BCUT2D eigenvalue weighted by molar-refractivity contribution is 0.439. The first-order chi connectivity index (χ1) is 7.74. The molecule has 3 unspecified atom stereocenters. The maximum Gasteiger partial charge on any atom is 0.0631 e. The number of anilines is 1. The molecule has 0 saturated heterocycles. The normalized spacial score (nSPS) is 32.0. The van der Waals surface area contributed by atoms with Gasteiger partial charge in [0.05, 0.1) is 5.69 Å². The quantitative estimate of drug-likeness (QED) is 0.811. The van der Waals surface area contributed by atoms with E-state index in [1.165, 1.54) is 31.4 Å². The molecule has 0 aromatic heterocycles. The molecule has 2 aliphatic carbocycles. The molecular formula is C13H15Br2N. The van der Waals surface area contributed by atoms with Crippen molar-refractivity contribution in [2.45, 2.75) is 31.7 Å². The number of benzene rings is 1. The van der Waals surface area contributed by atoms with Gasteiger partial charge in [0.2, 0.25) is 0 Å². The van der Waals surface area contributed by atoms with Gasteiger partial charge in [-0.1, -0.05) is 12.5 Å². The highest BCUT2D eigenvalue weighted by Crippen LogP contribution is 2.46. The van der Waals surface area contributed by atoms with Crippen LogP contribution in [0, 0.1) is 11.8 Å². The first-order valence-electron chi connectivity index (χ1n) is 5.94. The van der Waals surface area contributed by atoms with E-state index in [0.29, 0.717) is 6.04 Å². The lowest BCUT2D eigenvalue weighted by Gasteiger charge is -2.25. The van der Waals surface area contributed by atoms with E-state index < -0.39 is 0 Å². The summed E-state index contributed by atoms with van der Waals surface area (Å²) < 4.78 is 2.31. The molecular weight excluding hydrogens is 330 g/mol. The molecule has 0 heterocycles. The van der Waals surface area contributed by atoms with Crippen LogP contribution in [0.4, 0.5) is 5.69 Å². The summed E-state index contributed by atoms with van der Waals surface area (Å²) in [6.07, 6.45) is 5.68. The number of hydrogen-bond donors (Lipinski definition) is 1. The Morgan fingerprint density at radius 1 is 1.06 bits per heavy atom. The van der Waals surface area contributed by atoms with Crippen molar-refractivity contribution >= 4 is 37.5 Å². The van der Waals surface area contributed by atoms with Gasteiger partial charge in [-0.25, -0.2) is 0 Å². The molecule has 86 valence electrons. The fraction of sp³-hybridized carbons (Fsp3) is 0.538. The summed E-state index contributed by atoms with van der Waals surface area (Å²) in [4.78, 5) is 0. The first-order valence-corrected chi connectivity index (χ1v) is 7.53. The Bertz CT molecular complexity index is 385. The summed E-state index contributed by atoms with van der Waals surface area (Å²) in [5.74, 6) is 1.90. The van der Waals surface area contributed by atoms with Crippen LogP contribution in [-0.2, 0) is 0 Å². The van der Waals surface area contributed by atoms with Crippen LogP contribution in [0.25, 0.3) is 0 Å². The summed E-state index contributed by atoms with van der Waals surface area (Å²) in [6.45, 7) is 0. The van der Waals surface area contributed by atoms with Gasteiger partial charge in [-0.05, 0) is 75.1 Å². The van der Waals surface area contributed by atoms with Crippen LogP contribution in [0.1, 0.15) is 25.7 Å². The standard InChI is InChI=1S/C13H15Br2N/c14-10-2-1-3-11(15)13(10)16-12-7-8-4-5-9(12)6-8/h1-3,8-9,12,16H,4-7H2. The van der Waals surface area contributed by atoms with Gasteiger partial charge >= 0.3 is 0 Å². The fourth-order valence-corrected chi connectivity index (χ4v) is 4.47. The summed E-state index contributed by atoms with van der Waals surface area (Å²) in [6, 6.07) is 6.94. The van der Waals surface area contributed by atoms with Gasteiger partial charge in [0.25, 0.3) is 0 Å². The number of hydrogen-bond acceptors (Lipinski definition) is 1. The van der Waals surface area contributed by atoms with E-state index >= 15 is 0 Å². The number of fused-ring (bicyclic) bond motifs is 2. The van der Waals surface area contributed by atoms with Crippen LogP contribution in [-0.4, -0.2) is 6.04 Å². The molecule has 2 aliphatic rings. The van der Waals surface area contributed by atoms with Crippen molar-refractivity contribution in [2.75, 3.05) is 5.32 Å². The van der Waals surface area contributed by atoms with Crippen LogP contribution < -0.4 is 5.32 Å². The Hall–Kier alpha value is -0.0200. The molecule has 3 heteroatoms. The van der Waals surface area contributed by atoms with Gasteiger partial charge < -0.3 is 5.32 Å². The second kappa shape index (κ2) is 4.34. The predicted octanol–water partition coefficient (Wildman–Crippen LogP) is 4.81. The number of halogens is 2. The SMILES string of the molecule is Brc1cccc(Br)c1NC1CC2CCC1C2. The molecule has 2 fully saturated rings. The van der Waals surface area contributed by atoms with Gasteiger partial charge in [0.1, 0.15) is 0 Å². The number of rotatable bonds is 2. The van der Waals surface area contributed by atoms with Gasteiger partial charge in [-0.15, -0.1) is 0 Å². The molecule has 3 rings (SSSR count). The van der Waals surface area contributed by atoms with Crippen LogP contribution >= 0.6 is 31.9 Å². The molecule has 1 aromatic rings. The summed E-state index contributed by atoms with van der Waals surface area (Å²) >= 11 is 7.23. The van der Waals surface area contributed by atoms with E-state index in [0.717, 1.165) is 20.8 Å². The summed E-state index contributed by atoms with van der Waals surface area (Å²) in [5, 5.41) is 3.72. The minimum absolute atomic E-state index is 0.689. The van der Waals surface area contributed by atoms with E-state index in [1.807, 2.05) is 0 Å². The molecule has 0 radical (unpaired) electrons. The van der Waals surface area contributed by atoms with Crippen molar-refractivity contribution in [3.05, 3.63) is 27.1 Å². The average Bonchev–Trinajstić information content (AvgIpc) is 2.85. The monoisotopic (exact) mass is 343 g/mol. The van der Waals surface area contributed by atoms with E-state index in [2.05, 4.69) is 55.4 Å². The molecule has 2 saturated carbocycles. The minimum atomic E-state index is 0.689. The summed E-state index contributed by atoms with van der Waals surface area (Å²) in [5.41, 5.74) is 1.22. The molecule has 0 amide bonds. The number of para-hydroxylation sites is 1. The van der Waals surface area contributed by atoms with Crippen molar-refractivity contribution in [2.24, 2.45) is 11.8 Å². The molecule has 1 N–H and O–H groups in total. The van der Waals surface area contributed by atoms with Crippen LogP contribution in [0.3, 0.4) is 0 Å². The third-order valence-corrected chi connectivity index (χ3v) is 5.35. The molecule has 0 aliphatic heterocycles. The molecule has 3 atom stereocenters. The highest BCUT2D eigenvalue weighted by molar-refractivity contribution is 9.11. The highest BCUT2D eigenvalue weighted by Gasteiger charge is 2.39. The van der Waals surface area contributed by atoms with Crippen LogP contribution in [0.15, 0.2) is 27.1 Å². The predicted molar refractivity (Wildman–Crippen MR) is 74.7 cm³/mol. The zero-order valence-corrected chi connectivity index (χ0v) is 12.2. The Labute approximate surface area is 113 Å². The van der Waals surface area contributed by atoms with Crippen molar-refractivity contribution in [3.63, 3.8) is 0 Å². The third-order valence-electron chi connectivity index (χ3n) is 4.03. The van der Waals surface area contributed by atoms with Crippen molar-refractivity contribution in [1.82, 2.24) is 0 Å². The lowest BCUT2D eigenvalue weighted by Crippen LogP contribution is -2.26. The van der Waals surface area contributed by atoms with Gasteiger partial charge in [0, 0.05) is 15.0 Å².